The molecule has 7 heteroatoms. The number of thiazole rings is 1. The van der Waals surface area contributed by atoms with Gasteiger partial charge >= 0.3 is 6.18 Å². The molecule has 0 spiro atoms. The van der Waals surface area contributed by atoms with E-state index in [1.165, 1.54) is 7.11 Å². The number of carbonyl (C=O) groups excluding carboxylic acids is 1. The summed E-state index contributed by atoms with van der Waals surface area (Å²) in [5.41, 5.74) is -0.492. The summed E-state index contributed by atoms with van der Waals surface area (Å²) >= 11 is 0.342. The summed E-state index contributed by atoms with van der Waals surface area (Å²) in [4.78, 5) is 15.2. The first-order valence-corrected chi connectivity index (χ1v) is 5.99. The number of halogens is 3. The minimum atomic E-state index is -4.52. The molecule has 1 heterocycles. The van der Waals surface area contributed by atoms with Gasteiger partial charge in [-0.3, -0.25) is 4.79 Å². The third kappa shape index (κ3) is 3.29. The molecule has 0 aromatic carbocycles. The molecule has 3 nitrogen and oxygen atoms in total. The van der Waals surface area contributed by atoms with Gasteiger partial charge in [-0.25, -0.2) is 4.98 Å². The standard InChI is InChI=1S/C11H14F3NO2S/c1-10(2,3)8(17-4)7(16)6-5-15-9(18-6)11(12,13)14/h5,8H,1-4H3. The second kappa shape index (κ2) is 4.97. The maximum Gasteiger partial charge on any atom is 0.443 e. The molecule has 1 rings (SSSR count). The minimum absolute atomic E-state index is 0.0379. The number of carbonyl (C=O) groups is 1. The molecule has 0 amide bonds. The van der Waals surface area contributed by atoms with Gasteiger partial charge < -0.3 is 4.74 Å². The fourth-order valence-corrected chi connectivity index (χ4v) is 2.24. The number of rotatable bonds is 3. The Morgan fingerprint density at radius 1 is 1.39 bits per heavy atom. The highest BCUT2D eigenvalue weighted by Crippen LogP contribution is 2.34. The van der Waals surface area contributed by atoms with Crippen molar-refractivity contribution in [3.8, 4) is 0 Å². The van der Waals surface area contributed by atoms with E-state index in [2.05, 4.69) is 4.98 Å². The first-order chi connectivity index (χ1) is 8.07. The molecule has 18 heavy (non-hydrogen) atoms. The van der Waals surface area contributed by atoms with Crippen LogP contribution >= 0.6 is 11.3 Å². The highest BCUT2D eigenvalue weighted by atomic mass is 32.1. The van der Waals surface area contributed by atoms with E-state index < -0.39 is 28.5 Å². The summed E-state index contributed by atoms with van der Waals surface area (Å²) in [5.74, 6) is -0.474. The second-order valence-electron chi connectivity index (χ2n) is 4.87. The van der Waals surface area contributed by atoms with Crippen LogP contribution in [0.4, 0.5) is 13.2 Å². The zero-order chi connectivity index (χ0) is 14.1. The quantitative estimate of drug-likeness (QED) is 0.797. The first-order valence-electron chi connectivity index (χ1n) is 5.17. The molecule has 1 aromatic rings. The summed E-state index contributed by atoms with van der Waals surface area (Å²) in [6, 6.07) is 0. The van der Waals surface area contributed by atoms with Crippen LogP contribution in [0.5, 0.6) is 0 Å². The Labute approximate surface area is 107 Å². The van der Waals surface area contributed by atoms with Gasteiger partial charge in [0.15, 0.2) is 5.01 Å². The van der Waals surface area contributed by atoms with Crippen LogP contribution in [0.3, 0.4) is 0 Å². The molecular weight excluding hydrogens is 267 g/mol. The van der Waals surface area contributed by atoms with Gasteiger partial charge in [0.05, 0.1) is 4.88 Å². The molecule has 1 aromatic heterocycles. The van der Waals surface area contributed by atoms with E-state index >= 15 is 0 Å². The average molecular weight is 281 g/mol. The van der Waals surface area contributed by atoms with Gasteiger partial charge in [-0.05, 0) is 5.41 Å². The lowest BCUT2D eigenvalue weighted by atomic mass is 9.86. The lowest BCUT2D eigenvalue weighted by Crippen LogP contribution is -2.35. The summed E-state index contributed by atoms with van der Waals surface area (Å²) in [7, 11) is 1.36. The van der Waals surface area contributed by atoms with Crippen LogP contribution in [0.1, 0.15) is 35.5 Å². The van der Waals surface area contributed by atoms with Crippen molar-refractivity contribution < 1.29 is 22.7 Å². The molecule has 0 aliphatic carbocycles. The van der Waals surface area contributed by atoms with Crippen LogP contribution in [-0.4, -0.2) is 24.0 Å². The van der Waals surface area contributed by atoms with Gasteiger partial charge in [-0.2, -0.15) is 13.2 Å². The normalized spacial score (nSPS) is 14.6. The highest BCUT2D eigenvalue weighted by molar-refractivity contribution is 7.13. The third-order valence-corrected chi connectivity index (χ3v) is 3.31. The van der Waals surface area contributed by atoms with Crippen molar-refractivity contribution in [2.45, 2.75) is 33.1 Å². The van der Waals surface area contributed by atoms with Crippen molar-refractivity contribution >= 4 is 17.1 Å². The maximum absolute atomic E-state index is 12.4. The van der Waals surface area contributed by atoms with E-state index in [9.17, 15) is 18.0 Å². The lowest BCUT2D eigenvalue weighted by Gasteiger charge is -2.27. The molecule has 0 N–H and O–H groups in total. The fraction of sp³-hybridized carbons (Fsp3) is 0.636. The number of ketones is 1. The van der Waals surface area contributed by atoms with Gasteiger partial charge in [-0.15, -0.1) is 11.3 Å². The van der Waals surface area contributed by atoms with Crippen molar-refractivity contribution in [3.63, 3.8) is 0 Å². The molecule has 0 saturated heterocycles. The van der Waals surface area contributed by atoms with Gasteiger partial charge in [0.2, 0.25) is 5.78 Å². The van der Waals surface area contributed by atoms with Crippen molar-refractivity contribution in [2.75, 3.05) is 7.11 Å². The largest absolute Gasteiger partial charge is 0.443 e. The van der Waals surface area contributed by atoms with Crippen molar-refractivity contribution in [1.29, 1.82) is 0 Å². The number of methoxy groups -OCH3 is 1. The minimum Gasteiger partial charge on any atom is -0.373 e. The number of hydrogen-bond acceptors (Lipinski definition) is 4. The summed E-state index contributed by atoms with van der Waals surface area (Å²) in [5, 5.41) is -1.02. The number of nitrogens with zero attached hydrogens (tertiary/aromatic N) is 1. The molecule has 0 radical (unpaired) electrons. The second-order valence-corrected chi connectivity index (χ2v) is 5.90. The predicted molar refractivity (Wildman–Crippen MR) is 61.7 cm³/mol. The SMILES string of the molecule is COC(C(=O)c1cnc(C(F)(F)F)s1)C(C)(C)C. The molecular formula is C11H14F3NO2S. The summed E-state index contributed by atoms with van der Waals surface area (Å²) in [6.45, 7) is 5.35. The van der Waals surface area contributed by atoms with Crippen LogP contribution in [0.2, 0.25) is 0 Å². The molecule has 1 atom stereocenters. The molecule has 102 valence electrons. The molecule has 0 aliphatic rings. The van der Waals surface area contributed by atoms with E-state index in [1.54, 1.807) is 20.8 Å². The van der Waals surface area contributed by atoms with E-state index in [1.807, 2.05) is 0 Å². The van der Waals surface area contributed by atoms with Gasteiger partial charge in [0, 0.05) is 13.3 Å². The van der Waals surface area contributed by atoms with Crippen LogP contribution < -0.4 is 0 Å². The topological polar surface area (TPSA) is 39.2 Å². The summed E-state index contributed by atoms with van der Waals surface area (Å²) in [6.07, 6.45) is -4.36. The smallest absolute Gasteiger partial charge is 0.373 e. The molecule has 0 bridgehead atoms. The van der Waals surface area contributed by atoms with Crippen molar-refractivity contribution in [2.24, 2.45) is 5.41 Å². The number of ether oxygens (including phenoxy) is 1. The molecule has 0 aliphatic heterocycles. The number of aromatic nitrogens is 1. The van der Waals surface area contributed by atoms with E-state index in [-0.39, 0.29) is 4.88 Å². The van der Waals surface area contributed by atoms with E-state index in [4.69, 9.17) is 4.74 Å². The van der Waals surface area contributed by atoms with Gasteiger partial charge in [-0.1, -0.05) is 20.8 Å². The van der Waals surface area contributed by atoms with Gasteiger partial charge in [0.1, 0.15) is 6.10 Å². The lowest BCUT2D eigenvalue weighted by molar-refractivity contribution is -0.137. The third-order valence-electron chi connectivity index (χ3n) is 2.25. The monoisotopic (exact) mass is 281 g/mol. The molecule has 0 saturated carbocycles. The van der Waals surface area contributed by atoms with Crippen LogP contribution in [0.15, 0.2) is 6.20 Å². The van der Waals surface area contributed by atoms with E-state index in [0.29, 0.717) is 11.3 Å². The predicted octanol–water partition coefficient (Wildman–Crippen LogP) is 3.41. The molecule has 1 unspecified atom stereocenters. The van der Waals surface area contributed by atoms with Crippen LogP contribution in [0, 0.1) is 5.41 Å². The Morgan fingerprint density at radius 2 is 1.94 bits per heavy atom. The number of alkyl halides is 3. The Balaban J connectivity index is 3.01. The van der Waals surface area contributed by atoms with Crippen LogP contribution in [0.25, 0.3) is 0 Å². The summed E-state index contributed by atoms with van der Waals surface area (Å²) < 4.78 is 42.2. The Morgan fingerprint density at radius 3 is 2.28 bits per heavy atom. The zero-order valence-electron chi connectivity index (χ0n) is 10.5. The first kappa shape index (κ1) is 15.1. The number of hydrogen-bond donors (Lipinski definition) is 0. The highest BCUT2D eigenvalue weighted by Gasteiger charge is 2.38. The Kier molecular flexibility index (Phi) is 4.17. The Bertz CT molecular complexity index is 434. The average Bonchev–Trinajstić information content (AvgIpc) is 2.63. The van der Waals surface area contributed by atoms with Crippen molar-refractivity contribution in [1.82, 2.24) is 4.98 Å². The number of Topliss-reactive ketones (excluding diaryl/α,β-unsaturated/α-hetero) is 1. The fourth-order valence-electron chi connectivity index (χ4n) is 1.50. The molecule has 0 fully saturated rings. The maximum atomic E-state index is 12.4. The van der Waals surface area contributed by atoms with Crippen molar-refractivity contribution in [3.05, 3.63) is 16.1 Å². The van der Waals surface area contributed by atoms with E-state index in [0.717, 1.165) is 6.20 Å². The van der Waals surface area contributed by atoms with Gasteiger partial charge in [0.25, 0.3) is 0 Å². The van der Waals surface area contributed by atoms with Crippen LogP contribution in [-0.2, 0) is 10.9 Å². The zero-order valence-corrected chi connectivity index (χ0v) is 11.3. The Hall–Kier alpha value is -0.950.